The van der Waals surface area contributed by atoms with Crippen LogP contribution < -0.4 is 0 Å². The lowest BCUT2D eigenvalue weighted by atomic mass is 9.95. The van der Waals surface area contributed by atoms with E-state index in [9.17, 15) is 5.11 Å². The summed E-state index contributed by atoms with van der Waals surface area (Å²) in [6, 6.07) is 10.7. The molecule has 18 heavy (non-hydrogen) atoms. The number of hydrogen-bond acceptors (Lipinski definition) is 2. The molecule has 0 aliphatic heterocycles. The summed E-state index contributed by atoms with van der Waals surface area (Å²) in [6.45, 7) is 8.23. The van der Waals surface area contributed by atoms with E-state index in [1.807, 2.05) is 37.3 Å². The molecular weight excluding hydrogens is 222 g/mol. The van der Waals surface area contributed by atoms with Crippen LogP contribution in [0.4, 0.5) is 0 Å². The van der Waals surface area contributed by atoms with E-state index in [2.05, 4.69) is 18.7 Å². The zero-order chi connectivity index (χ0) is 13.2. The van der Waals surface area contributed by atoms with Gasteiger partial charge in [0.25, 0.3) is 0 Å². The molecule has 1 N–H and O–H groups in total. The Morgan fingerprint density at radius 3 is 2.39 bits per heavy atom. The molecule has 2 nitrogen and oxygen atoms in total. The topological polar surface area (TPSA) is 23.5 Å². The van der Waals surface area contributed by atoms with Crippen LogP contribution in [0.2, 0.25) is 0 Å². The van der Waals surface area contributed by atoms with Crippen LogP contribution in [0.3, 0.4) is 0 Å². The van der Waals surface area contributed by atoms with Crippen LogP contribution in [0.15, 0.2) is 30.3 Å². The summed E-state index contributed by atoms with van der Waals surface area (Å²) in [5.41, 5.74) is 0.262. The molecule has 1 aliphatic rings. The molecule has 1 fully saturated rings. The van der Waals surface area contributed by atoms with Gasteiger partial charge in [-0.25, -0.2) is 0 Å². The third kappa shape index (κ3) is 3.56. The summed E-state index contributed by atoms with van der Waals surface area (Å²) in [5, 5.41) is 10.7. The first-order valence-corrected chi connectivity index (χ1v) is 7.01. The highest BCUT2D eigenvalue weighted by molar-refractivity contribution is 5.22. The third-order valence-corrected chi connectivity index (χ3v) is 3.57. The molecule has 1 aliphatic carbocycles. The first kappa shape index (κ1) is 13.6. The molecule has 0 spiro atoms. The molecule has 100 valence electrons. The summed E-state index contributed by atoms with van der Waals surface area (Å²) in [7, 11) is 0. The lowest BCUT2D eigenvalue weighted by Gasteiger charge is -2.33. The molecule has 1 saturated carbocycles. The van der Waals surface area contributed by atoms with Gasteiger partial charge < -0.3 is 5.11 Å². The van der Waals surface area contributed by atoms with Crippen molar-refractivity contribution in [3.05, 3.63) is 35.9 Å². The number of benzene rings is 1. The summed E-state index contributed by atoms with van der Waals surface area (Å²) >= 11 is 0. The van der Waals surface area contributed by atoms with Gasteiger partial charge in [0.15, 0.2) is 0 Å². The van der Waals surface area contributed by atoms with Crippen molar-refractivity contribution in [1.82, 2.24) is 4.90 Å². The first-order valence-electron chi connectivity index (χ1n) is 7.01. The Morgan fingerprint density at radius 2 is 1.89 bits per heavy atom. The Labute approximate surface area is 111 Å². The molecule has 0 amide bonds. The highest BCUT2D eigenvalue weighted by Crippen LogP contribution is 2.31. The van der Waals surface area contributed by atoms with Gasteiger partial charge in [-0.3, -0.25) is 4.90 Å². The highest BCUT2D eigenvalue weighted by Gasteiger charge is 2.34. The Balaban J connectivity index is 2.05. The Kier molecular flexibility index (Phi) is 4.08. The van der Waals surface area contributed by atoms with E-state index in [4.69, 9.17) is 0 Å². The summed E-state index contributed by atoms with van der Waals surface area (Å²) < 4.78 is 0. The molecule has 1 atom stereocenters. The Morgan fingerprint density at radius 1 is 1.28 bits per heavy atom. The maximum atomic E-state index is 10.7. The average molecular weight is 247 g/mol. The van der Waals surface area contributed by atoms with Crippen LogP contribution in [-0.2, 0) is 5.60 Å². The second kappa shape index (κ2) is 5.41. The van der Waals surface area contributed by atoms with Crippen molar-refractivity contribution in [2.45, 2.75) is 45.3 Å². The van der Waals surface area contributed by atoms with Crippen LogP contribution in [0, 0.1) is 5.92 Å². The molecule has 1 aromatic rings. The lowest BCUT2D eigenvalue weighted by Crippen LogP contribution is -2.41. The summed E-state index contributed by atoms with van der Waals surface area (Å²) in [5.74, 6) is 0.650. The maximum absolute atomic E-state index is 10.7. The van der Waals surface area contributed by atoms with E-state index in [-0.39, 0.29) is 0 Å². The van der Waals surface area contributed by atoms with Gasteiger partial charge in [-0.15, -0.1) is 0 Å². The fourth-order valence-corrected chi connectivity index (χ4v) is 2.54. The standard InChI is InChI=1S/C16H25NO/c1-13(2)11-17(15-9-10-15)12-16(3,18)14-7-5-4-6-8-14/h4-8,13,15,18H,9-12H2,1-3H3. The maximum Gasteiger partial charge on any atom is 0.0994 e. The molecular formula is C16H25NO. The molecule has 1 unspecified atom stereocenters. The molecule has 0 saturated heterocycles. The van der Waals surface area contributed by atoms with E-state index < -0.39 is 5.60 Å². The van der Waals surface area contributed by atoms with Crippen LogP contribution in [0.5, 0.6) is 0 Å². The monoisotopic (exact) mass is 247 g/mol. The van der Waals surface area contributed by atoms with Crippen LogP contribution in [0.25, 0.3) is 0 Å². The van der Waals surface area contributed by atoms with Gasteiger partial charge >= 0.3 is 0 Å². The largest absolute Gasteiger partial charge is 0.384 e. The first-order chi connectivity index (χ1) is 8.49. The summed E-state index contributed by atoms with van der Waals surface area (Å²) in [6.07, 6.45) is 2.58. The molecule has 2 rings (SSSR count). The predicted molar refractivity (Wildman–Crippen MR) is 75.4 cm³/mol. The van der Waals surface area contributed by atoms with Gasteiger partial charge in [0.1, 0.15) is 0 Å². The van der Waals surface area contributed by atoms with Crippen molar-refractivity contribution >= 4 is 0 Å². The molecule has 0 radical (unpaired) electrons. The Hall–Kier alpha value is -0.860. The van der Waals surface area contributed by atoms with Crippen molar-refractivity contribution in [1.29, 1.82) is 0 Å². The molecule has 0 bridgehead atoms. The minimum atomic E-state index is -0.751. The molecule has 2 heteroatoms. The van der Waals surface area contributed by atoms with Gasteiger partial charge in [0.05, 0.1) is 5.60 Å². The van der Waals surface area contributed by atoms with Crippen molar-refractivity contribution in [3.8, 4) is 0 Å². The average Bonchev–Trinajstić information content (AvgIpc) is 3.12. The number of aliphatic hydroxyl groups is 1. The van der Waals surface area contributed by atoms with E-state index in [1.54, 1.807) is 0 Å². The van der Waals surface area contributed by atoms with Crippen molar-refractivity contribution in [3.63, 3.8) is 0 Å². The van der Waals surface area contributed by atoms with Crippen molar-refractivity contribution in [2.24, 2.45) is 5.92 Å². The van der Waals surface area contributed by atoms with Gasteiger partial charge in [-0.2, -0.15) is 0 Å². The van der Waals surface area contributed by atoms with Crippen molar-refractivity contribution in [2.75, 3.05) is 13.1 Å². The molecule has 0 heterocycles. The van der Waals surface area contributed by atoms with Gasteiger partial charge in [0.2, 0.25) is 0 Å². The number of nitrogens with zero attached hydrogens (tertiary/aromatic N) is 1. The zero-order valence-electron chi connectivity index (χ0n) is 11.8. The van der Waals surface area contributed by atoms with E-state index in [0.717, 1.165) is 18.7 Å². The van der Waals surface area contributed by atoms with Crippen LogP contribution >= 0.6 is 0 Å². The second-order valence-corrected chi connectivity index (χ2v) is 6.19. The van der Waals surface area contributed by atoms with Gasteiger partial charge in [-0.05, 0) is 31.2 Å². The zero-order valence-corrected chi connectivity index (χ0v) is 11.8. The predicted octanol–water partition coefficient (Wildman–Crippen LogP) is 3.01. The molecule has 1 aromatic carbocycles. The lowest BCUT2D eigenvalue weighted by molar-refractivity contribution is 0.00978. The van der Waals surface area contributed by atoms with E-state index in [1.165, 1.54) is 12.8 Å². The van der Waals surface area contributed by atoms with Crippen LogP contribution in [-0.4, -0.2) is 29.1 Å². The number of hydrogen-bond donors (Lipinski definition) is 1. The van der Waals surface area contributed by atoms with Crippen LogP contribution in [0.1, 0.15) is 39.2 Å². The van der Waals surface area contributed by atoms with Gasteiger partial charge in [0, 0.05) is 19.1 Å². The van der Waals surface area contributed by atoms with E-state index in [0.29, 0.717) is 12.0 Å². The third-order valence-electron chi connectivity index (χ3n) is 3.57. The number of rotatable bonds is 6. The van der Waals surface area contributed by atoms with E-state index >= 15 is 0 Å². The SMILES string of the molecule is CC(C)CN(CC(C)(O)c1ccccc1)C1CC1. The minimum Gasteiger partial charge on any atom is -0.384 e. The quantitative estimate of drug-likeness (QED) is 0.835. The fourth-order valence-electron chi connectivity index (χ4n) is 2.54. The second-order valence-electron chi connectivity index (χ2n) is 6.19. The molecule has 0 aromatic heterocycles. The minimum absolute atomic E-state index is 0.650. The summed E-state index contributed by atoms with van der Waals surface area (Å²) in [4.78, 5) is 2.46. The van der Waals surface area contributed by atoms with Gasteiger partial charge in [-0.1, -0.05) is 44.2 Å². The van der Waals surface area contributed by atoms with Crippen molar-refractivity contribution < 1.29 is 5.11 Å². The Bertz CT molecular complexity index is 368. The normalized spacial score (nSPS) is 19.2. The highest BCUT2D eigenvalue weighted by atomic mass is 16.3. The fraction of sp³-hybridized carbons (Fsp3) is 0.625. The smallest absolute Gasteiger partial charge is 0.0994 e.